The lowest BCUT2D eigenvalue weighted by atomic mass is 10.1. The summed E-state index contributed by atoms with van der Waals surface area (Å²) in [4.78, 5) is 4.28. The first kappa shape index (κ1) is 21.3. The molecule has 0 saturated carbocycles. The fraction of sp³-hybridized carbons (Fsp3) is 0.350. The summed E-state index contributed by atoms with van der Waals surface area (Å²) in [6, 6.07) is 14.7. The molecule has 2 N–H and O–H groups in total. The van der Waals surface area contributed by atoms with Gasteiger partial charge in [0.15, 0.2) is 5.96 Å². The summed E-state index contributed by atoms with van der Waals surface area (Å²) in [5.41, 5.74) is 5.12. The van der Waals surface area contributed by atoms with E-state index in [1.54, 1.807) is 14.2 Å². The Balaban J connectivity index is 0.00000312. The number of hydrogen-bond donors (Lipinski definition) is 2. The number of ether oxygens (including phenoxy) is 1. The molecule has 0 aliphatic carbocycles. The summed E-state index contributed by atoms with van der Waals surface area (Å²) in [5.74, 6) is 1.71. The van der Waals surface area contributed by atoms with E-state index in [-0.39, 0.29) is 24.0 Å². The molecule has 0 radical (unpaired) electrons. The molecule has 0 bridgehead atoms. The Bertz CT molecular complexity index is 701. The molecule has 0 aliphatic rings. The summed E-state index contributed by atoms with van der Waals surface area (Å²) in [6.07, 6.45) is 0.918. The van der Waals surface area contributed by atoms with E-state index < -0.39 is 0 Å². The average Bonchev–Trinajstić information content (AvgIpc) is 2.59. The smallest absolute Gasteiger partial charge is 0.191 e. The number of nitrogens with zero attached hydrogens (tertiary/aromatic N) is 1. The van der Waals surface area contributed by atoms with E-state index in [9.17, 15) is 0 Å². The minimum Gasteiger partial charge on any atom is -0.497 e. The van der Waals surface area contributed by atoms with Crippen molar-refractivity contribution in [2.45, 2.75) is 26.8 Å². The summed E-state index contributed by atoms with van der Waals surface area (Å²) >= 11 is 0. The van der Waals surface area contributed by atoms with Crippen molar-refractivity contribution in [2.24, 2.45) is 4.99 Å². The molecule has 0 spiro atoms. The molecule has 136 valence electrons. The molecule has 0 saturated heterocycles. The van der Waals surface area contributed by atoms with Crippen molar-refractivity contribution in [1.29, 1.82) is 0 Å². The minimum atomic E-state index is 0. The number of benzene rings is 2. The van der Waals surface area contributed by atoms with Crippen LogP contribution < -0.4 is 15.4 Å². The fourth-order valence-electron chi connectivity index (χ4n) is 2.60. The highest BCUT2D eigenvalue weighted by atomic mass is 127. The molecule has 0 heterocycles. The molecular formula is C20H28IN3O. The lowest BCUT2D eigenvalue weighted by Gasteiger charge is -2.13. The maximum atomic E-state index is 5.25. The number of hydrogen-bond acceptors (Lipinski definition) is 2. The monoisotopic (exact) mass is 453 g/mol. The normalized spacial score (nSPS) is 10.8. The quantitative estimate of drug-likeness (QED) is 0.397. The van der Waals surface area contributed by atoms with Gasteiger partial charge in [-0.2, -0.15) is 0 Å². The predicted molar refractivity (Wildman–Crippen MR) is 116 cm³/mol. The number of aryl methyl sites for hydroxylation is 2. The van der Waals surface area contributed by atoms with Gasteiger partial charge < -0.3 is 15.4 Å². The van der Waals surface area contributed by atoms with E-state index in [2.05, 4.69) is 59.8 Å². The second-order valence-electron chi connectivity index (χ2n) is 5.88. The third kappa shape index (κ3) is 6.94. The fourth-order valence-corrected chi connectivity index (χ4v) is 2.60. The van der Waals surface area contributed by atoms with Gasteiger partial charge >= 0.3 is 0 Å². The lowest BCUT2D eigenvalue weighted by Crippen LogP contribution is -2.38. The van der Waals surface area contributed by atoms with Crippen LogP contribution in [-0.2, 0) is 13.0 Å². The molecule has 0 unspecified atom stereocenters. The second kappa shape index (κ2) is 11.0. The number of halogens is 1. The topological polar surface area (TPSA) is 45.7 Å². The Morgan fingerprint density at radius 1 is 1.08 bits per heavy atom. The number of methoxy groups -OCH3 is 1. The van der Waals surface area contributed by atoms with E-state index >= 15 is 0 Å². The van der Waals surface area contributed by atoms with Crippen molar-refractivity contribution >= 4 is 29.9 Å². The van der Waals surface area contributed by atoms with Crippen molar-refractivity contribution in [2.75, 3.05) is 20.7 Å². The highest BCUT2D eigenvalue weighted by Gasteiger charge is 2.02. The van der Waals surface area contributed by atoms with Crippen LogP contribution in [0, 0.1) is 13.8 Å². The first-order valence-corrected chi connectivity index (χ1v) is 8.26. The van der Waals surface area contributed by atoms with Gasteiger partial charge in [-0.05, 0) is 49.1 Å². The van der Waals surface area contributed by atoms with Gasteiger partial charge in [-0.1, -0.05) is 35.9 Å². The van der Waals surface area contributed by atoms with Gasteiger partial charge in [0.25, 0.3) is 0 Å². The maximum Gasteiger partial charge on any atom is 0.191 e. The number of guanidine groups is 1. The molecule has 2 rings (SSSR count). The molecule has 0 amide bonds. The molecule has 2 aromatic rings. The molecule has 0 fully saturated rings. The Kier molecular flexibility index (Phi) is 9.34. The minimum absolute atomic E-state index is 0. The van der Waals surface area contributed by atoms with E-state index in [4.69, 9.17) is 4.74 Å². The van der Waals surface area contributed by atoms with Crippen LogP contribution in [0.3, 0.4) is 0 Å². The van der Waals surface area contributed by atoms with Crippen LogP contribution in [0.15, 0.2) is 47.5 Å². The van der Waals surface area contributed by atoms with Crippen LogP contribution >= 0.6 is 24.0 Å². The molecule has 5 heteroatoms. The number of aliphatic imine (C=N–C) groups is 1. The van der Waals surface area contributed by atoms with Gasteiger partial charge in [0.1, 0.15) is 5.75 Å². The van der Waals surface area contributed by atoms with Gasteiger partial charge in [-0.25, -0.2) is 0 Å². The third-order valence-corrected chi connectivity index (χ3v) is 4.01. The molecule has 25 heavy (non-hydrogen) atoms. The molecule has 0 aliphatic heterocycles. The van der Waals surface area contributed by atoms with Crippen LogP contribution in [0.4, 0.5) is 0 Å². The lowest BCUT2D eigenvalue weighted by molar-refractivity contribution is 0.414. The van der Waals surface area contributed by atoms with E-state index in [0.29, 0.717) is 0 Å². The average molecular weight is 453 g/mol. The molecule has 4 nitrogen and oxygen atoms in total. The van der Waals surface area contributed by atoms with Crippen molar-refractivity contribution < 1.29 is 4.74 Å². The van der Waals surface area contributed by atoms with Crippen LogP contribution in [0.5, 0.6) is 5.75 Å². The van der Waals surface area contributed by atoms with Crippen molar-refractivity contribution in [1.82, 2.24) is 10.6 Å². The van der Waals surface area contributed by atoms with Gasteiger partial charge in [-0.3, -0.25) is 4.99 Å². The molecule has 0 atom stereocenters. The molecule has 0 aromatic heterocycles. The first-order valence-electron chi connectivity index (χ1n) is 8.26. The summed E-state index contributed by atoms with van der Waals surface area (Å²) in [5, 5.41) is 6.72. The summed E-state index contributed by atoms with van der Waals surface area (Å²) < 4.78 is 5.25. The maximum absolute atomic E-state index is 5.25. The second-order valence-corrected chi connectivity index (χ2v) is 5.88. The zero-order valence-corrected chi connectivity index (χ0v) is 17.8. The van der Waals surface area contributed by atoms with E-state index in [0.717, 1.165) is 31.2 Å². The van der Waals surface area contributed by atoms with Gasteiger partial charge in [0, 0.05) is 20.1 Å². The van der Waals surface area contributed by atoms with Crippen LogP contribution in [-0.4, -0.2) is 26.7 Å². The van der Waals surface area contributed by atoms with Crippen molar-refractivity contribution in [3.8, 4) is 5.75 Å². The van der Waals surface area contributed by atoms with Crippen molar-refractivity contribution in [3.63, 3.8) is 0 Å². The summed E-state index contributed by atoms with van der Waals surface area (Å²) in [7, 11) is 3.49. The van der Waals surface area contributed by atoms with Gasteiger partial charge in [0.05, 0.1) is 7.11 Å². The Labute approximate surface area is 168 Å². The Morgan fingerprint density at radius 3 is 2.56 bits per heavy atom. The molecule has 2 aromatic carbocycles. The zero-order valence-electron chi connectivity index (χ0n) is 15.4. The van der Waals surface area contributed by atoms with Crippen molar-refractivity contribution in [3.05, 3.63) is 64.7 Å². The van der Waals surface area contributed by atoms with Gasteiger partial charge in [-0.15, -0.1) is 24.0 Å². The van der Waals surface area contributed by atoms with E-state index in [1.165, 1.54) is 22.3 Å². The standard InChI is InChI=1S/C20H27N3O.HI/c1-15-8-9-18(16(2)12-15)14-23-20(21-3)22-11-10-17-6-5-7-19(13-17)24-4;/h5-9,12-13H,10-11,14H2,1-4H3,(H2,21,22,23);1H. The van der Waals surface area contributed by atoms with Gasteiger partial charge in [0.2, 0.25) is 0 Å². The third-order valence-electron chi connectivity index (χ3n) is 4.01. The Hall–Kier alpha value is -1.76. The highest BCUT2D eigenvalue weighted by molar-refractivity contribution is 14.0. The largest absolute Gasteiger partial charge is 0.497 e. The zero-order chi connectivity index (χ0) is 17.4. The number of rotatable bonds is 6. The summed E-state index contributed by atoms with van der Waals surface area (Å²) in [6.45, 7) is 5.84. The highest BCUT2D eigenvalue weighted by Crippen LogP contribution is 2.12. The predicted octanol–water partition coefficient (Wildman–Crippen LogP) is 3.84. The first-order chi connectivity index (χ1) is 11.6. The Morgan fingerprint density at radius 2 is 1.88 bits per heavy atom. The van der Waals surface area contributed by atoms with E-state index in [1.807, 2.05) is 12.1 Å². The van der Waals surface area contributed by atoms with Crippen LogP contribution in [0.25, 0.3) is 0 Å². The van der Waals surface area contributed by atoms with Crippen LogP contribution in [0.2, 0.25) is 0 Å². The van der Waals surface area contributed by atoms with Crippen LogP contribution in [0.1, 0.15) is 22.3 Å². The molecular weight excluding hydrogens is 425 g/mol. The SMILES string of the molecule is CN=C(NCCc1cccc(OC)c1)NCc1ccc(C)cc1C.I. The number of nitrogens with one attached hydrogen (secondary N) is 2.